The minimum Gasteiger partial charge on any atom is -0.497 e. The summed E-state index contributed by atoms with van der Waals surface area (Å²) in [5.74, 6) is 0.772. The van der Waals surface area contributed by atoms with Gasteiger partial charge in [0.2, 0.25) is 5.91 Å². The molecule has 7 heteroatoms. The van der Waals surface area contributed by atoms with Gasteiger partial charge in [-0.15, -0.1) is 0 Å². The van der Waals surface area contributed by atoms with Crippen LogP contribution in [0.2, 0.25) is 0 Å². The van der Waals surface area contributed by atoms with Crippen molar-refractivity contribution in [1.82, 2.24) is 10.2 Å². The molecule has 2 rings (SSSR count). The maximum atomic E-state index is 13.0. The molecule has 0 aliphatic rings. The maximum Gasteiger partial charge on any atom is 0.261 e. The second kappa shape index (κ2) is 10.5. The highest BCUT2D eigenvalue weighted by Gasteiger charge is 2.28. The zero-order valence-corrected chi connectivity index (χ0v) is 19.7. The number of ether oxygens (including phenoxy) is 2. The monoisotopic (exact) mass is 476 g/mol. The zero-order valence-electron chi connectivity index (χ0n) is 18.1. The molecule has 1 unspecified atom stereocenters. The second-order valence-electron chi connectivity index (χ2n) is 8.03. The molecule has 0 fully saturated rings. The summed E-state index contributed by atoms with van der Waals surface area (Å²) in [6, 6.07) is 14.0. The van der Waals surface area contributed by atoms with Gasteiger partial charge >= 0.3 is 0 Å². The summed E-state index contributed by atoms with van der Waals surface area (Å²) in [5, 5.41) is 2.94. The van der Waals surface area contributed by atoms with Crippen LogP contribution < -0.4 is 14.8 Å². The number of halogens is 1. The van der Waals surface area contributed by atoms with Gasteiger partial charge in [0, 0.05) is 16.6 Å². The lowest BCUT2D eigenvalue weighted by Crippen LogP contribution is -2.53. The van der Waals surface area contributed by atoms with E-state index < -0.39 is 11.6 Å². The Balaban J connectivity index is 2.15. The predicted molar refractivity (Wildman–Crippen MR) is 121 cm³/mol. The number of amides is 2. The van der Waals surface area contributed by atoms with Crippen molar-refractivity contribution in [3.05, 3.63) is 58.6 Å². The van der Waals surface area contributed by atoms with E-state index in [0.717, 1.165) is 10.0 Å². The average Bonchev–Trinajstić information content (AvgIpc) is 2.69. The number of hydrogen-bond donors (Lipinski definition) is 1. The smallest absolute Gasteiger partial charge is 0.261 e. The SMILES string of the molecule is COc1ccc(OCC(=O)N(Cc2cccc(Br)c2)C(C)C(=O)NC(C)(C)C)cc1. The first-order valence-corrected chi connectivity index (χ1v) is 10.5. The molecule has 1 N–H and O–H groups in total. The molecule has 2 amide bonds. The van der Waals surface area contributed by atoms with Gasteiger partial charge in [-0.1, -0.05) is 28.1 Å². The van der Waals surface area contributed by atoms with E-state index >= 15 is 0 Å². The van der Waals surface area contributed by atoms with Crippen LogP contribution in [0.3, 0.4) is 0 Å². The van der Waals surface area contributed by atoms with Crippen LogP contribution in [0, 0.1) is 0 Å². The quantitative estimate of drug-likeness (QED) is 0.620. The molecule has 0 heterocycles. The molecule has 162 valence electrons. The van der Waals surface area contributed by atoms with E-state index in [4.69, 9.17) is 9.47 Å². The summed E-state index contributed by atoms with van der Waals surface area (Å²) < 4.78 is 11.7. The first-order chi connectivity index (χ1) is 14.1. The minimum atomic E-state index is -0.657. The van der Waals surface area contributed by atoms with Gasteiger partial charge in [-0.05, 0) is 69.7 Å². The number of benzene rings is 2. The van der Waals surface area contributed by atoms with Crippen LogP contribution in [-0.4, -0.2) is 42.0 Å². The molecule has 30 heavy (non-hydrogen) atoms. The highest BCUT2D eigenvalue weighted by molar-refractivity contribution is 9.10. The van der Waals surface area contributed by atoms with Crippen molar-refractivity contribution in [2.75, 3.05) is 13.7 Å². The third kappa shape index (κ3) is 7.37. The number of carbonyl (C=O) groups excluding carboxylic acids is 2. The highest BCUT2D eigenvalue weighted by Crippen LogP contribution is 2.19. The largest absolute Gasteiger partial charge is 0.497 e. The molecule has 1 atom stereocenters. The topological polar surface area (TPSA) is 67.9 Å². The molecule has 2 aromatic rings. The van der Waals surface area contributed by atoms with Crippen LogP contribution in [0.15, 0.2) is 53.0 Å². The lowest BCUT2D eigenvalue weighted by molar-refractivity contribution is -0.142. The number of carbonyl (C=O) groups is 2. The minimum absolute atomic E-state index is 0.173. The molecule has 0 aliphatic carbocycles. The van der Waals surface area contributed by atoms with Crippen molar-refractivity contribution < 1.29 is 19.1 Å². The van der Waals surface area contributed by atoms with E-state index in [1.165, 1.54) is 4.90 Å². The Morgan fingerprint density at radius 3 is 2.30 bits per heavy atom. The molecule has 0 saturated heterocycles. The molecule has 0 bridgehead atoms. The van der Waals surface area contributed by atoms with E-state index in [2.05, 4.69) is 21.2 Å². The lowest BCUT2D eigenvalue weighted by atomic mass is 10.1. The van der Waals surface area contributed by atoms with E-state index in [-0.39, 0.29) is 18.4 Å². The van der Waals surface area contributed by atoms with E-state index in [9.17, 15) is 9.59 Å². The van der Waals surface area contributed by atoms with Crippen LogP contribution in [-0.2, 0) is 16.1 Å². The van der Waals surface area contributed by atoms with Crippen LogP contribution in [0.5, 0.6) is 11.5 Å². The first-order valence-electron chi connectivity index (χ1n) is 9.72. The van der Waals surface area contributed by atoms with Crippen molar-refractivity contribution >= 4 is 27.7 Å². The third-order valence-electron chi connectivity index (χ3n) is 4.33. The standard InChI is InChI=1S/C23H29BrN2O4/c1-16(22(28)25-23(2,3)4)26(14-17-7-6-8-18(24)13-17)21(27)15-30-20-11-9-19(29-5)10-12-20/h6-13,16H,14-15H2,1-5H3,(H,25,28). The molecule has 0 aromatic heterocycles. The molecule has 0 radical (unpaired) electrons. The number of hydrogen-bond acceptors (Lipinski definition) is 4. The van der Waals surface area contributed by atoms with Gasteiger partial charge in [-0.25, -0.2) is 0 Å². The van der Waals surface area contributed by atoms with Crippen molar-refractivity contribution in [1.29, 1.82) is 0 Å². The fraction of sp³-hybridized carbons (Fsp3) is 0.391. The van der Waals surface area contributed by atoms with Gasteiger partial charge in [0.15, 0.2) is 6.61 Å². The summed E-state index contributed by atoms with van der Waals surface area (Å²) in [4.78, 5) is 27.3. The van der Waals surface area contributed by atoms with Crippen LogP contribution in [0.1, 0.15) is 33.3 Å². The summed E-state index contributed by atoms with van der Waals surface area (Å²) in [7, 11) is 1.59. The Kier molecular flexibility index (Phi) is 8.29. The molecule has 2 aromatic carbocycles. The van der Waals surface area contributed by atoms with Crippen molar-refractivity contribution in [3.8, 4) is 11.5 Å². The van der Waals surface area contributed by atoms with Crippen LogP contribution in [0.25, 0.3) is 0 Å². The molecule has 0 saturated carbocycles. The summed E-state index contributed by atoms with van der Waals surface area (Å²) in [5.41, 5.74) is 0.521. The van der Waals surface area contributed by atoms with Gasteiger partial charge in [0.05, 0.1) is 7.11 Å². The Labute approximate surface area is 186 Å². The fourth-order valence-electron chi connectivity index (χ4n) is 2.79. The summed E-state index contributed by atoms with van der Waals surface area (Å²) >= 11 is 3.45. The van der Waals surface area contributed by atoms with E-state index in [1.54, 1.807) is 38.3 Å². The van der Waals surface area contributed by atoms with Gasteiger partial charge in [0.25, 0.3) is 5.91 Å². The van der Waals surface area contributed by atoms with Gasteiger partial charge in [-0.2, -0.15) is 0 Å². The Morgan fingerprint density at radius 1 is 1.10 bits per heavy atom. The summed E-state index contributed by atoms with van der Waals surface area (Å²) in [6.07, 6.45) is 0. The normalized spacial score (nSPS) is 12.1. The predicted octanol–water partition coefficient (Wildman–Crippen LogP) is 4.17. The van der Waals surface area contributed by atoms with Crippen molar-refractivity contribution in [2.24, 2.45) is 0 Å². The van der Waals surface area contributed by atoms with Gasteiger partial charge in [-0.3, -0.25) is 9.59 Å². The third-order valence-corrected chi connectivity index (χ3v) is 4.82. The number of nitrogens with zero attached hydrogens (tertiary/aromatic N) is 1. The molecular formula is C23H29BrN2O4. The second-order valence-corrected chi connectivity index (χ2v) is 8.95. The Bertz CT molecular complexity index is 862. The lowest BCUT2D eigenvalue weighted by Gasteiger charge is -2.31. The molecule has 0 aliphatic heterocycles. The van der Waals surface area contributed by atoms with E-state index in [1.807, 2.05) is 45.0 Å². The maximum absolute atomic E-state index is 13.0. The number of rotatable bonds is 8. The highest BCUT2D eigenvalue weighted by atomic mass is 79.9. The molecular weight excluding hydrogens is 448 g/mol. The Hall–Kier alpha value is -2.54. The first kappa shape index (κ1) is 23.7. The molecule has 0 spiro atoms. The Morgan fingerprint density at radius 2 is 1.73 bits per heavy atom. The summed E-state index contributed by atoms with van der Waals surface area (Å²) in [6.45, 7) is 7.57. The van der Waals surface area contributed by atoms with Crippen molar-refractivity contribution in [3.63, 3.8) is 0 Å². The van der Waals surface area contributed by atoms with Crippen LogP contribution in [0.4, 0.5) is 0 Å². The van der Waals surface area contributed by atoms with Gasteiger partial charge in [0.1, 0.15) is 17.5 Å². The van der Waals surface area contributed by atoms with Crippen molar-refractivity contribution in [2.45, 2.75) is 45.8 Å². The zero-order chi connectivity index (χ0) is 22.3. The van der Waals surface area contributed by atoms with Gasteiger partial charge < -0.3 is 19.7 Å². The van der Waals surface area contributed by atoms with E-state index in [0.29, 0.717) is 18.0 Å². The average molecular weight is 477 g/mol. The fourth-order valence-corrected chi connectivity index (χ4v) is 3.24. The number of methoxy groups -OCH3 is 1. The number of nitrogens with one attached hydrogen (secondary N) is 1. The molecule has 6 nitrogen and oxygen atoms in total. The van der Waals surface area contributed by atoms with Crippen LogP contribution >= 0.6 is 15.9 Å².